The molecule has 22 heavy (non-hydrogen) atoms. The first-order chi connectivity index (χ1) is 10.6. The lowest BCUT2D eigenvalue weighted by Gasteiger charge is -2.22. The quantitative estimate of drug-likeness (QED) is 0.670. The van der Waals surface area contributed by atoms with Gasteiger partial charge in [0.1, 0.15) is 5.92 Å². The molecule has 5 heteroatoms. The number of hydrogen-bond donors (Lipinski definition) is 1. The van der Waals surface area contributed by atoms with Gasteiger partial charge in [-0.3, -0.25) is 9.59 Å². The molecule has 0 saturated carbocycles. The van der Waals surface area contributed by atoms with Crippen molar-refractivity contribution in [1.29, 1.82) is 0 Å². The van der Waals surface area contributed by atoms with Gasteiger partial charge >= 0.3 is 0 Å². The molecule has 0 radical (unpaired) electrons. The lowest BCUT2D eigenvalue weighted by atomic mass is 9.90. The summed E-state index contributed by atoms with van der Waals surface area (Å²) >= 11 is 7.40. The minimum atomic E-state index is -0.786. The summed E-state index contributed by atoms with van der Waals surface area (Å²) in [6.45, 7) is 0. The summed E-state index contributed by atoms with van der Waals surface area (Å²) in [4.78, 5) is 25.9. The second-order valence-corrected chi connectivity index (χ2v) is 6.71. The fraction of sp³-hybridized carbons (Fsp3) is 0.0588. The molecule has 1 amide bonds. The maximum absolute atomic E-state index is 12.7. The van der Waals surface area contributed by atoms with Crippen LogP contribution in [0.3, 0.4) is 0 Å². The molecule has 0 bridgehead atoms. The van der Waals surface area contributed by atoms with Crippen LogP contribution in [0, 0.1) is 0 Å². The van der Waals surface area contributed by atoms with Crippen LogP contribution in [0.15, 0.2) is 48.5 Å². The third kappa shape index (κ3) is 2.03. The minimum Gasteiger partial charge on any atom is -0.324 e. The molecule has 0 saturated heterocycles. The molecule has 1 unspecified atom stereocenters. The summed E-state index contributed by atoms with van der Waals surface area (Å²) < 4.78 is 1.07. The Kier molecular flexibility index (Phi) is 3.03. The number of amides is 1. The van der Waals surface area contributed by atoms with Crippen LogP contribution < -0.4 is 5.32 Å². The number of rotatable bonds is 1. The monoisotopic (exact) mass is 327 g/mol. The number of benzene rings is 2. The molecule has 4 rings (SSSR count). The van der Waals surface area contributed by atoms with Gasteiger partial charge in [-0.25, -0.2) is 0 Å². The van der Waals surface area contributed by atoms with Crippen LogP contribution in [-0.4, -0.2) is 11.7 Å². The zero-order valence-corrected chi connectivity index (χ0v) is 12.9. The number of carbonyl (C=O) groups excluding carboxylic acids is 2. The van der Waals surface area contributed by atoms with Crippen LogP contribution in [0.25, 0.3) is 10.1 Å². The molecule has 1 aromatic heterocycles. The molecule has 0 aliphatic carbocycles. The lowest BCUT2D eigenvalue weighted by molar-refractivity contribution is -0.116. The summed E-state index contributed by atoms with van der Waals surface area (Å²) in [5.74, 6) is -1.26. The Morgan fingerprint density at radius 3 is 2.68 bits per heavy atom. The van der Waals surface area contributed by atoms with E-state index in [0.29, 0.717) is 16.3 Å². The molecular formula is C17H10ClNO2S. The van der Waals surface area contributed by atoms with Crippen LogP contribution in [0.1, 0.15) is 21.2 Å². The van der Waals surface area contributed by atoms with E-state index >= 15 is 0 Å². The first-order valence-corrected chi connectivity index (χ1v) is 7.96. The van der Waals surface area contributed by atoms with Crippen molar-refractivity contribution < 1.29 is 9.59 Å². The highest BCUT2D eigenvalue weighted by molar-refractivity contribution is 7.19. The third-order valence-electron chi connectivity index (χ3n) is 3.76. The molecule has 1 atom stereocenters. The Morgan fingerprint density at radius 2 is 1.86 bits per heavy atom. The maximum atomic E-state index is 12.7. The summed E-state index contributed by atoms with van der Waals surface area (Å²) in [5.41, 5.74) is 0.992. The van der Waals surface area contributed by atoms with Crippen molar-refractivity contribution in [2.45, 2.75) is 5.92 Å². The molecule has 1 aliphatic rings. The molecule has 0 spiro atoms. The van der Waals surface area contributed by atoms with Gasteiger partial charge in [-0.2, -0.15) is 0 Å². The first kappa shape index (κ1) is 13.5. The molecule has 1 N–H and O–H groups in total. The van der Waals surface area contributed by atoms with Gasteiger partial charge in [-0.1, -0.05) is 29.8 Å². The van der Waals surface area contributed by atoms with Gasteiger partial charge in [0.15, 0.2) is 5.78 Å². The SMILES string of the molecule is O=C1Nc2cc(Cl)ccc2C(=O)C1c1cc2ccccc2s1. The molecule has 2 heterocycles. The Hall–Kier alpha value is -2.17. The van der Waals surface area contributed by atoms with Crippen molar-refractivity contribution in [3.05, 3.63) is 64.0 Å². The Bertz CT molecular complexity index is 898. The zero-order valence-electron chi connectivity index (χ0n) is 11.3. The topological polar surface area (TPSA) is 46.2 Å². The van der Waals surface area contributed by atoms with Gasteiger partial charge in [0, 0.05) is 20.2 Å². The van der Waals surface area contributed by atoms with Crippen molar-refractivity contribution in [2.24, 2.45) is 0 Å². The van der Waals surface area contributed by atoms with E-state index in [2.05, 4.69) is 5.32 Å². The molecule has 0 fully saturated rings. The van der Waals surface area contributed by atoms with Gasteiger partial charge in [-0.05, 0) is 35.7 Å². The highest BCUT2D eigenvalue weighted by Crippen LogP contribution is 2.37. The zero-order chi connectivity index (χ0) is 15.3. The molecule has 1 aliphatic heterocycles. The Labute approximate surface area is 135 Å². The summed E-state index contributed by atoms with van der Waals surface area (Å²) in [6.07, 6.45) is 0. The normalized spacial score (nSPS) is 17.4. The highest BCUT2D eigenvalue weighted by Gasteiger charge is 2.36. The van der Waals surface area contributed by atoms with Crippen molar-refractivity contribution in [2.75, 3.05) is 5.32 Å². The summed E-state index contributed by atoms with van der Waals surface area (Å²) in [5, 5.41) is 4.33. The van der Waals surface area contributed by atoms with Crippen molar-refractivity contribution in [3.63, 3.8) is 0 Å². The Balaban J connectivity index is 1.83. The lowest BCUT2D eigenvalue weighted by Crippen LogP contribution is -2.33. The Morgan fingerprint density at radius 1 is 1.05 bits per heavy atom. The second-order valence-electron chi connectivity index (χ2n) is 5.16. The van der Waals surface area contributed by atoms with Crippen LogP contribution in [0.2, 0.25) is 5.02 Å². The number of hydrogen-bond acceptors (Lipinski definition) is 3. The van der Waals surface area contributed by atoms with E-state index in [1.54, 1.807) is 18.2 Å². The molecule has 3 nitrogen and oxygen atoms in total. The van der Waals surface area contributed by atoms with E-state index in [9.17, 15) is 9.59 Å². The molecular weight excluding hydrogens is 318 g/mol. The van der Waals surface area contributed by atoms with Gasteiger partial charge in [0.25, 0.3) is 0 Å². The van der Waals surface area contributed by atoms with Crippen molar-refractivity contribution >= 4 is 50.4 Å². The second kappa shape index (κ2) is 4.93. The maximum Gasteiger partial charge on any atom is 0.240 e. The summed E-state index contributed by atoms with van der Waals surface area (Å²) in [7, 11) is 0. The average Bonchev–Trinajstić information content (AvgIpc) is 2.90. The number of fused-ring (bicyclic) bond motifs is 2. The predicted molar refractivity (Wildman–Crippen MR) is 89.0 cm³/mol. The van der Waals surface area contributed by atoms with E-state index in [0.717, 1.165) is 15.0 Å². The first-order valence-electron chi connectivity index (χ1n) is 6.76. The summed E-state index contributed by atoms with van der Waals surface area (Å²) in [6, 6.07) is 14.7. The van der Waals surface area contributed by atoms with Crippen LogP contribution in [0.5, 0.6) is 0 Å². The number of ketones is 1. The van der Waals surface area contributed by atoms with E-state index in [4.69, 9.17) is 11.6 Å². The largest absolute Gasteiger partial charge is 0.324 e. The number of anilines is 1. The van der Waals surface area contributed by atoms with E-state index in [1.807, 2.05) is 30.3 Å². The number of halogens is 1. The molecule has 2 aromatic carbocycles. The number of carbonyl (C=O) groups is 2. The van der Waals surface area contributed by atoms with Crippen LogP contribution in [-0.2, 0) is 4.79 Å². The average molecular weight is 328 g/mol. The van der Waals surface area contributed by atoms with E-state index < -0.39 is 5.92 Å². The number of Topliss-reactive ketones (excluding diaryl/α,β-unsaturated/α-hetero) is 1. The third-order valence-corrected chi connectivity index (χ3v) is 5.17. The predicted octanol–water partition coefficient (Wildman–Crippen LogP) is 4.47. The van der Waals surface area contributed by atoms with E-state index in [1.165, 1.54) is 11.3 Å². The smallest absolute Gasteiger partial charge is 0.240 e. The number of thiophene rings is 1. The van der Waals surface area contributed by atoms with Gasteiger partial charge in [0.2, 0.25) is 5.91 Å². The molecule has 3 aromatic rings. The van der Waals surface area contributed by atoms with Gasteiger partial charge < -0.3 is 5.32 Å². The molecule has 108 valence electrons. The fourth-order valence-electron chi connectivity index (χ4n) is 2.72. The van der Waals surface area contributed by atoms with Crippen molar-refractivity contribution in [1.82, 2.24) is 0 Å². The fourth-order valence-corrected chi connectivity index (χ4v) is 4.05. The standard InChI is InChI=1S/C17H10ClNO2S/c18-10-5-6-11-12(8-10)19-17(21)15(16(11)20)14-7-9-3-1-2-4-13(9)22-14/h1-8,15H,(H,19,21). The van der Waals surface area contributed by atoms with Gasteiger partial charge in [-0.15, -0.1) is 11.3 Å². The number of nitrogens with one attached hydrogen (secondary N) is 1. The van der Waals surface area contributed by atoms with Crippen LogP contribution in [0.4, 0.5) is 5.69 Å². The van der Waals surface area contributed by atoms with Crippen molar-refractivity contribution in [3.8, 4) is 0 Å². The minimum absolute atomic E-state index is 0.179. The van der Waals surface area contributed by atoms with Gasteiger partial charge in [0.05, 0.1) is 5.69 Å². The van der Waals surface area contributed by atoms with Crippen LogP contribution >= 0.6 is 22.9 Å². The highest BCUT2D eigenvalue weighted by atomic mass is 35.5. The van der Waals surface area contributed by atoms with E-state index in [-0.39, 0.29) is 11.7 Å².